The van der Waals surface area contributed by atoms with Crippen molar-refractivity contribution in [2.45, 2.75) is 19.1 Å². The van der Waals surface area contributed by atoms with Gasteiger partial charge in [-0.15, -0.1) is 0 Å². The number of benzene rings is 2. The first-order valence-electron chi connectivity index (χ1n) is 6.42. The summed E-state index contributed by atoms with van der Waals surface area (Å²) in [6.45, 7) is 2.08. The molecule has 0 bridgehead atoms. The van der Waals surface area contributed by atoms with Gasteiger partial charge >= 0.3 is 0 Å². The van der Waals surface area contributed by atoms with Gasteiger partial charge in [-0.1, -0.05) is 42.5 Å². The lowest BCUT2D eigenvalue weighted by molar-refractivity contribution is 0.0566. The Labute approximate surface area is 117 Å². The predicted octanol–water partition coefficient (Wildman–Crippen LogP) is 2.96. The van der Waals surface area contributed by atoms with Crippen LogP contribution in [-0.4, -0.2) is 11.7 Å². The summed E-state index contributed by atoms with van der Waals surface area (Å²) >= 11 is 0. The molecule has 0 fully saturated rings. The van der Waals surface area contributed by atoms with Crippen LogP contribution in [0.25, 0.3) is 0 Å². The van der Waals surface area contributed by atoms with Crippen molar-refractivity contribution in [1.29, 1.82) is 0 Å². The van der Waals surface area contributed by atoms with E-state index in [1.54, 1.807) is 6.92 Å². The van der Waals surface area contributed by atoms with E-state index in [0.717, 1.165) is 11.6 Å². The van der Waals surface area contributed by atoms with Gasteiger partial charge in [-0.25, -0.2) is 8.78 Å². The summed E-state index contributed by atoms with van der Waals surface area (Å²) in [6, 6.07) is 13.3. The SMILES string of the molecule is CC(O)(CNCc1cccc(F)c1F)c1ccccc1. The maximum atomic E-state index is 13.5. The first kappa shape index (κ1) is 14.6. The Morgan fingerprint density at radius 3 is 2.45 bits per heavy atom. The van der Waals surface area contributed by atoms with Gasteiger partial charge < -0.3 is 10.4 Å². The highest BCUT2D eigenvalue weighted by molar-refractivity contribution is 5.22. The van der Waals surface area contributed by atoms with Gasteiger partial charge in [0, 0.05) is 18.7 Å². The summed E-state index contributed by atoms with van der Waals surface area (Å²) in [6.07, 6.45) is 0. The van der Waals surface area contributed by atoms with Gasteiger partial charge in [-0.3, -0.25) is 0 Å². The third-order valence-corrected chi connectivity index (χ3v) is 3.21. The standard InChI is InChI=1S/C16H17F2NO/c1-16(20,13-7-3-2-4-8-13)11-19-10-12-6-5-9-14(17)15(12)18/h2-9,19-20H,10-11H2,1H3. The number of aliphatic hydroxyl groups is 1. The first-order valence-corrected chi connectivity index (χ1v) is 6.42. The van der Waals surface area contributed by atoms with E-state index in [-0.39, 0.29) is 18.7 Å². The van der Waals surface area contributed by atoms with Crippen molar-refractivity contribution in [2.75, 3.05) is 6.54 Å². The zero-order valence-electron chi connectivity index (χ0n) is 11.2. The van der Waals surface area contributed by atoms with Crippen molar-refractivity contribution < 1.29 is 13.9 Å². The smallest absolute Gasteiger partial charge is 0.163 e. The van der Waals surface area contributed by atoms with Crippen LogP contribution in [0.2, 0.25) is 0 Å². The summed E-state index contributed by atoms with van der Waals surface area (Å²) in [5.74, 6) is -1.71. The highest BCUT2D eigenvalue weighted by Crippen LogP contribution is 2.19. The van der Waals surface area contributed by atoms with Crippen LogP contribution in [0.5, 0.6) is 0 Å². The normalized spacial score (nSPS) is 14.0. The van der Waals surface area contributed by atoms with Gasteiger partial charge in [0.2, 0.25) is 0 Å². The quantitative estimate of drug-likeness (QED) is 0.880. The zero-order valence-corrected chi connectivity index (χ0v) is 11.2. The van der Waals surface area contributed by atoms with E-state index in [9.17, 15) is 13.9 Å². The molecule has 2 N–H and O–H groups in total. The Bertz CT molecular complexity index is 570. The molecule has 4 heteroatoms. The molecule has 0 saturated carbocycles. The molecule has 106 valence electrons. The van der Waals surface area contributed by atoms with E-state index in [0.29, 0.717) is 0 Å². The second kappa shape index (κ2) is 6.11. The lowest BCUT2D eigenvalue weighted by Gasteiger charge is -2.24. The second-order valence-corrected chi connectivity index (χ2v) is 4.96. The summed E-state index contributed by atoms with van der Waals surface area (Å²) in [5, 5.41) is 13.3. The van der Waals surface area contributed by atoms with Crippen molar-refractivity contribution in [3.05, 3.63) is 71.3 Å². The van der Waals surface area contributed by atoms with Crippen molar-refractivity contribution in [1.82, 2.24) is 5.32 Å². The Hall–Kier alpha value is -1.78. The van der Waals surface area contributed by atoms with Crippen LogP contribution < -0.4 is 5.32 Å². The third-order valence-electron chi connectivity index (χ3n) is 3.21. The molecule has 0 aromatic heterocycles. The number of hydrogen-bond acceptors (Lipinski definition) is 2. The molecule has 0 heterocycles. The molecule has 2 aromatic carbocycles. The van der Waals surface area contributed by atoms with Crippen LogP contribution >= 0.6 is 0 Å². The molecule has 0 radical (unpaired) electrons. The van der Waals surface area contributed by atoms with Crippen molar-refractivity contribution in [3.63, 3.8) is 0 Å². The van der Waals surface area contributed by atoms with Crippen molar-refractivity contribution in [2.24, 2.45) is 0 Å². The lowest BCUT2D eigenvalue weighted by Crippen LogP contribution is -2.35. The van der Waals surface area contributed by atoms with Crippen LogP contribution in [0.1, 0.15) is 18.1 Å². The fourth-order valence-electron chi connectivity index (χ4n) is 2.02. The van der Waals surface area contributed by atoms with Crippen molar-refractivity contribution in [3.8, 4) is 0 Å². The first-order chi connectivity index (χ1) is 9.50. The molecule has 0 amide bonds. The number of hydrogen-bond donors (Lipinski definition) is 2. The molecule has 1 atom stereocenters. The van der Waals surface area contributed by atoms with E-state index in [2.05, 4.69) is 5.32 Å². The molecule has 1 unspecified atom stereocenters. The van der Waals surface area contributed by atoms with Crippen LogP contribution in [0, 0.1) is 11.6 Å². The summed E-state index contributed by atoms with van der Waals surface area (Å²) in [5.41, 5.74) is -0.0495. The number of halogens is 2. The van der Waals surface area contributed by atoms with Crippen LogP contribution in [0.4, 0.5) is 8.78 Å². The minimum absolute atomic E-state index is 0.159. The highest BCUT2D eigenvalue weighted by atomic mass is 19.2. The molecule has 2 rings (SSSR count). The van der Waals surface area contributed by atoms with Gasteiger partial charge in [-0.05, 0) is 18.6 Å². The fraction of sp³-hybridized carbons (Fsp3) is 0.250. The summed E-state index contributed by atoms with van der Waals surface area (Å²) < 4.78 is 26.5. The Morgan fingerprint density at radius 1 is 1.05 bits per heavy atom. The number of nitrogens with one attached hydrogen (secondary N) is 1. The average Bonchev–Trinajstić information content (AvgIpc) is 2.44. The molecule has 0 aliphatic heterocycles. The monoisotopic (exact) mass is 277 g/mol. The fourth-order valence-corrected chi connectivity index (χ4v) is 2.02. The Balaban J connectivity index is 1.97. The Morgan fingerprint density at radius 2 is 1.75 bits per heavy atom. The van der Waals surface area contributed by atoms with Gasteiger partial charge in [0.15, 0.2) is 11.6 Å². The zero-order chi connectivity index (χ0) is 14.6. The van der Waals surface area contributed by atoms with Crippen LogP contribution in [0.15, 0.2) is 48.5 Å². The molecular formula is C16H17F2NO. The summed E-state index contributed by atoms with van der Waals surface area (Å²) in [4.78, 5) is 0. The predicted molar refractivity (Wildman–Crippen MR) is 74.1 cm³/mol. The summed E-state index contributed by atoms with van der Waals surface area (Å²) in [7, 11) is 0. The molecule has 0 spiro atoms. The second-order valence-electron chi connectivity index (χ2n) is 4.96. The van der Waals surface area contributed by atoms with E-state index in [1.165, 1.54) is 12.1 Å². The molecular weight excluding hydrogens is 260 g/mol. The molecule has 2 nitrogen and oxygen atoms in total. The molecule has 0 aliphatic rings. The molecule has 20 heavy (non-hydrogen) atoms. The van der Waals surface area contributed by atoms with E-state index < -0.39 is 17.2 Å². The van der Waals surface area contributed by atoms with Gasteiger partial charge in [-0.2, -0.15) is 0 Å². The molecule has 0 aliphatic carbocycles. The maximum Gasteiger partial charge on any atom is 0.163 e. The van der Waals surface area contributed by atoms with Gasteiger partial charge in [0.25, 0.3) is 0 Å². The molecule has 2 aromatic rings. The lowest BCUT2D eigenvalue weighted by atomic mass is 9.96. The molecule has 0 saturated heterocycles. The maximum absolute atomic E-state index is 13.5. The van der Waals surface area contributed by atoms with E-state index in [1.807, 2.05) is 30.3 Å². The number of rotatable bonds is 5. The largest absolute Gasteiger partial charge is 0.384 e. The van der Waals surface area contributed by atoms with Crippen molar-refractivity contribution >= 4 is 0 Å². The van der Waals surface area contributed by atoms with Crippen LogP contribution in [0.3, 0.4) is 0 Å². The topological polar surface area (TPSA) is 32.3 Å². The highest BCUT2D eigenvalue weighted by Gasteiger charge is 2.22. The van der Waals surface area contributed by atoms with Gasteiger partial charge in [0.05, 0.1) is 5.60 Å². The van der Waals surface area contributed by atoms with Gasteiger partial charge in [0.1, 0.15) is 0 Å². The van der Waals surface area contributed by atoms with E-state index >= 15 is 0 Å². The van der Waals surface area contributed by atoms with Crippen LogP contribution in [-0.2, 0) is 12.1 Å². The average molecular weight is 277 g/mol. The van der Waals surface area contributed by atoms with E-state index in [4.69, 9.17) is 0 Å². The Kier molecular flexibility index (Phi) is 4.47. The minimum atomic E-state index is -1.06. The third kappa shape index (κ3) is 3.40. The minimum Gasteiger partial charge on any atom is -0.384 e.